The van der Waals surface area contributed by atoms with Crippen LogP contribution >= 0.6 is 0 Å². The number of furan rings is 4. The number of hydrogen-bond donors (Lipinski definition) is 0. The Morgan fingerprint density at radius 3 is 0.794 bits per heavy atom. The van der Waals surface area contributed by atoms with Gasteiger partial charge in [0.25, 0.3) is 0 Å². The topological polar surface area (TPSA) is 130 Å². The Morgan fingerprint density at radius 1 is 0.143 bits per heavy atom. The predicted molar refractivity (Wildman–Crippen MR) is 505 cm³/mol. The maximum Gasteiger partial charge on any atom is 0.164 e. The van der Waals surface area contributed by atoms with Gasteiger partial charge < -0.3 is 17.7 Å². The highest BCUT2D eigenvalue weighted by Crippen LogP contribution is 2.64. The first-order chi connectivity index (χ1) is 62.4. The number of aromatic nitrogens is 6. The fourth-order valence-electron chi connectivity index (χ4n) is 21.5. The molecule has 2 spiro atoms. The average Bonchev–Trinajstić information content (AvgIpc) is 1.52. The average molecular weight is 1610 g/mol. The van der Waals surface area contributed by atoms with E-state index >= 15 is 0 Å². The Morgan fingerprint density at radius 2 is 0.389 bits per heavy atom. The first-order valence-electron chi connectivity index (χ1n) is 42.7. The normalized spacial score (nSPS) is 13.2. The van der Waals surface area contributed by atoms with Gasteiger partial charge in [0, 0.05) is 76.5 Å². The number of nitrogens with zero attached hydrogens (tertiary/aromatic N) is 6. The van der Waals surface area contributed by atoms with Gasteiger partial charge in [-0.2, -0.15) is 0 Å². The summed E-state index contributed by atoms with van der Waals surface area (Å²) in [6, 6.07) is 142. The summed E-state index contributed by atoms with van der Waals surface area (Å²) in [4.78, 5) is 31.7. The third-order valence-electron chi connectivity index (χ3n) is 26.8. The van der Waals surface area contributed by atoms with Gasteiger partial charge in [-0.15, -0.1) is 0 Å². The second-order valence-electron chi connectivity index (χ2n) is 33.2. The van der Waals surface area contributed by atoms with E-state index in [4.69, 9.17) is 47.6 Å². The van der Waals surface area contributed by atoms with E-state index in [9.17, 15) is 0 Å². The lowest BCUT2D eigenvalue weighted by molar-refractivity contribution is 0.668. The molecule has 24 aromatic rings. The highest BCUT2D eigenvalue weighted by atomic mass is 16.3. The van der Waals surface area contributed by atoms with E-state index in [0.717, 1.165) is 132 Å². The van der Waals surface area contributed by atoms with Crippen molar-refractivity contribution in [3.8, 4) is 135 Å². The van der Waals surface area contributed by atoms with Crippen LogP contribution in [-0.4, -0.2) is 29.9 Å². The smallest absolute Gasteiger partial charge is 0.164 e. The maximum absolute atomic E-state index is 6.37. The number of fused-ring (bicyclic) bond motifs is 36. The SMILES string of the molecule is c1ccc2c(c1)-c1ccccc1C1(c3ccccc3-2)c2ccccc2-c2cc(-c3nc(-c4ccc5c(c4)oc4ccccc45)nc(-c4ccc5oc6ccccc6c5c4)n3)ccc21.c1ccc2c(c1)-c1ccccc1C1(c3ccccc3-2)c2ccccc2-c2cc(-c3nc(-c4ccc5c(c4)oc4ccccc45)nc(-c4cccc5oc6ccccc6c45)n3)ccc21. The predicted octanol–water partition coefficient (Wildman–Crippen LogP) is 29.4. The second kappa shape index (κ2) is 26.8. The van der Waals surface area contributed by atoms with Gasteiger partial charge in [0.15, 0.2) is 34.9 Å². The largest absolute Gasteiger partial charge is 0.456 e. The minimum absolute atomic E-state index is 0.559. The molecule has 126 heavy (non-hydrogen) atoms. The molecule has 6 heterocycles. The van der Waals surface area contributed by atoms with Gasteiger partial charge in [0.2, 0.25) is 0 Å². The molecule has 28 rings (SSSR count). The minimum Gasteiger partial charge on any atom is -0.456 e. The van der Waals surface area contributed by atoms with E-state index in [2.05, 4.69) is 291 Å². The molecule has 0 radical (unpaired) electrons. The van der Waals surface area contributed by atoms with Crippen LogP contribution in [0.5, 0.6) is 0 Å². The molecule has 10 nitrogen and oxygen atoms in total. The molecule has 0 saturated carbocycles. The Balaban J connectivity index is 0.000000131. The Labute approximate surface area is 721 Å². The van der Waals surface area contributed by atoms with Crippen LogP contribution in [0.15, 0.2) is 418 Å². The molecular formula is C116H66N6O4. The lowest BCUT2D eigenvalue weighted by Gasteiger charge is -2.35. The van der Waals surface area contributed by atoms with E-state index in [1.54, 1.807) is 0 Å². The van der Waals surface area contributed by atoms with Gasteiger partial charge in [-0.1, -0.05) is 315 Å². The monoisotopic (exact) mass is 1610 g/mol. The number of benzene rings is 18. The van der Waals surface area contributed by atoms with E-state index in [-0.39, 0.29) is 0 Å². The molecule has 0 fully saturated rings. The van der Waals surface area contributed by atoms with E-state index in [1.807, 2.05) is 109 Å². The van der Waals surface area contributed by atoms with E-state index < -0.39 is 10.8 Å². The molecule has 0 atom stereocenters. The summed E-state index contributed by atoms with van der Waals surface area (Å²) in [5, 5.41) is 8.31. The molecule has 584 valence electrons. The summed E-state index contributed by atoms with van der Waals surface area (Å²) in [6.07, 6.45) is 0. The first kappa shape index (κ1) is 69.9. The van der Waals surface area contributed by atoms with Crippen molar-refractivity contribution in [2.75, 3.05) is 0 Å². The van der Waals surface area contributed by atoms with Gasteiger partial charge in [-0.05, 0) is 196 Å². The lowest BCUT2D eigenvalue weighted by atomic mass is 9.66. The van der Waals surface area contributed by atoms with Crippen molar-refractivity contribution < 1.29 is 17.7 Å². The van der Waals surface area contributed by atoms with E-state index in [1.165, 1.54) is 100 Å². The van der Waals surface area contributed by atoms with Crippen LogP contribution in [0.2, 0.25) is 0 Å². The quantitative estimate of drug-likeness (QED) is 0.159. The molecular weight excluding hydrogens is 1540 g/mol. The van der Waals surface area contributed by atoms with Crippen molar-refractivity contribution in [1.82, 2.24) is 29.9 Å². The molecule has 18 aromatic carbocycles. The lowest BCUT2D eigenvalue weighted by Crippen LogP contribution is -2.29. The third-order valence-corrected chi connectivity index (χ3v) is 26.8. The fraction of sp³-hybridized carbons (Fsp3) is 0.0172. The highest BCUT2D eigenvalue weighted by Gasteiger charge is 2.52. The summed E-state index contributed by atoms with van der Waals surface area (Å²) in [7, 11) is 0. The Hall–Kier alpha value is -16.8. The van der Waals surface area contributed by atoms with E-state index in [0.29, 0.717) is 34.9 Å². The minimum atomic E-state index is -0.577. The van der Waals surface area contributed by atoms with Gasteiger partial charge in [-0.3, -0.25) is 0 Å². The van der Waals surface area contributed by atoms with Crippen molar-refractivity contribution >= 4 is 87.8 Å². The van der Waals surface area contributed by atoms with Crippen molar-refractivity contribution in [2.45, 2.75) is 10.8 Å². The Bertz CT molecular complexity index is 8670. The summed E-state index contributed by atoms with van der Waals surface area (Å²) in [5.41, 5.74) is 35.4. The molecule has 0 amide bonds. The maximum atomic E-state index is 6.37. The molecule has 6 aromatic heterocycles. The number of para-hydroxylation sites is 4. The van der Waals surface area contributed by atoms with Crippen molar-refractivity contribution in [1.29, 1.82) is 0 Å². The third kappa shape index (κ3) is 10.1. The molecule has 0 N–H and O–H groups in total. The van der Waals surface area contributed by atoms with Crippen LogP contribution < -0.4 is 0 Å². The summed E-state index contributed by atoms with van der Waals surface area (Å²) >= 11 is 0. The molecule has 10 heteroatoms. The van der Waals surface area contributed by atoms with Crippen LogP contribution in [-0.2, 0) is 10.8 Å². The molecule has 4 aliphatic rings. The summed E-state index contributed by atoms with van der Waals surface area (Å²) in [6.45, 7) is 0. The second-order valence-corrected chi connectivity index (χ2v) is 33.2. The van der Waals surface area contributed by atoms with Crippen LogP contribution in [0.25, 0.3) is 223 Å². The zero-order valence-electron chi connectivity index (χ0n) is 67.4. The zero-order chi connectivity index (χ0) is 82.5. The molecule has 0 unspecified atom stereocenters. The van der Waals surface area contributed by atoms with Gasteiger partial charge in [0.1, 0.15) is 44.7 Å². The van der Waals surface area contributed by atoms with Crippen molar-refractivity contribution in [2.24, 2.45) is 0 Å². The molecule has 4 aliphatic carbocycles. The van der Waals surface area contributed by atoms with Crippen molar-refractivity contribution in [3.05, 3.63) is 445 Å². The number of hydrogen-bond acceptors (Lipinski definition) is 10. The van der Waals surface area contributed by atoms with Crippen LogP contribution in [0, 0.1) is 0 Å². The molecule has 0 saturated heterocycles. The van der Waals surface area contributed by atoms with Crippen LogP contribution in [0.3, 0.4) is 0 Å². The molecule has 0 aliphatic heterocycles. The standard InChI is InChI=1S/2C58H33N3O2/c1-2-15-37-36(14-1)38-16-3-8-22-46(38)58(47-23-9-4-17-39(37)47)48-24-10-5-18-40(48)45-32-34(29-31-49(45)58)55-59-56(35-28-30-42-41-19-6-11-25-50(41)63-53(42)33-35)61-57(60-55)44-21-13-27-52-54(44)43-20-7-12-26-51(43)62-52;1-2-14-38-37(13-1)39-15-3-8-20-47(39)58(48-21-9-4-16-40(38)48)49-22-10-5-17-41(49)45-31-34(26-29-50(45)58)55-59-56(35-27-30-53-46(32-35)43-19-7-12-24-52(43)62-53)61-57(60-55)36-25-28-44-42-18-6-11-23-51(42)63-54(44)33-36/h2*1-33H. The fourth-order valence-corrected chi connectivity index (χ4v) is 21.5. The van der Waals surface area contributed by atoms with Gasteiger partial charge in [-0.25, -0.2) is 29.9 Å². The van der Waals surface area contributed by atoms with Crippen LogP contribution in [0.4, 0.5) is 0 Å². The zero-order valence-corrected chi connectivity index (χ0v) is 67.4. The molecule has 0 bridgehead atoms. The highest BCUT2D eigenvalue weighted by molar-refractivity contribution is 6.13. The number of rotatable bonds is 6. The van der Waals surface area contributed by atoms with Gasteiger partial charge in [0.05, 0.1) is 10.8 Å². The van der Waals surface area contributed by atoms with Crippen molar-refractivity contribution in [3.63, 3.8) is 0 Å². The summed E-state index contributed by atoms with van der Waals surface area (Å²) in [5.74, 6) is 3.44. The first-order valence-corrected chi connectivity index (χ1v) is 42.7. The summed E-state index contributed by atoms with van der Waals surface area (Å²) < 4.78 is 25.3. The van der Waals surface area contributed by atoms with Crippen LogP contribution in [0.1, 0.15) is 44.5 Å². The Kier molecular flexibility index (Phi) is 14.9. The van der Waals surface area contributed by atoms with Gasteiger partial charge >= 0.3 is 0 Å².